The Morgan fingerprint density at radius 3 is 2.90 bits per heavy atom. The van der Waals surface area contributed by atoms with Crippen LogP contribution in [-0.2, 0) is 22.0 Å². The number of benzene rings is 1. The van der Waals surface area contributed by atoms with E-state index in [-0.39, 0.29) is 12.1 Å². The molecule has 21 heavy (non-hydrogen) atoms. The normalized spacial score (nSPS) is 18.4. The second kappa shape index (κ2) is 6.52. The van der Waals surface area contributed by atoms with Gasteiger partial charge in [0.1, 0.15) is 0 Å². The van der Waals surface area contributed by atoms with E-state index in [1.54, 1.807) is 0 Å². The fraction of sp³-hybridized carbons (Fsp3) is 0.571. The standard InChI is InChI=1S/C14H21ClN2O3S/c1-14(2)5-4-10-8-12(16)11(15)9-13(10)17(14)6-3-7-20-21(18)19/h8-9H,3-7,16H2,1-2H3,(H,18,19). The average Bonchev–Trinajstić information content (AvgIpc) is 2.38. The fourth-order valence-corrected chi connectivity index (χ4v) is 3.17. The number of rotatable bonds is 5. The first-order chi connectivity index (χ1) is 9.81. The van der Waals surface area contributed by atoms with E-state index in [1.165, 1.54) is 5.56 Å². The molecule has 0 aromatic heterocycles. The molecule has 0 saturated carbocycles. The first-order valence-corrected chi connectivity index (χ1v) is 8.32. The van der Waals surface area contributed by atoms with Crippen LogP contribution in [-0.4, -0.2) is 27.5 Å². The van der Waals surface area contributed by atoms with Crippen LogP contribution in [0.2, 0.25) is 5.02 Å². The quantitative estimate of drug-likeness (QED) is 0.492. The van der Waals surface area contributed by atoms with Gasteiger partial charge in [-0.2, -0.15) is 4.21 Å². The topological polar surface area (TPSA) is 75.8 Å². The molecule has 1 unspecified atom stereocenters. The SMILES string of the molecule is CC1(C)CCc2cc(N)c(Cl)cc2N1CCCOS(=O)O. The third kappa shape index (κ3) is 3.88. The Hall–Kier alpha value is -0.820. The average molecular weight is 333 g/mol. The van der Waals surface area contributed by atoms with Crippen molar-refractivity contribution in [2.75, 3.05) is 23.8 Å². The summed E-state index contributed by atoms with van der Waals surface area (Å²) < 4.78 is 23.8. The highest BCUT2D eigenvalue weighted by molar-refractivity contribution is 7.74. The summed E-state index contributed by atoms with van der Waals surface area (Å²) >= 11 is 3.96. The summed E-state index contributed by atoms with van der Waals surface area (Å²) in [6.45, 7) is 5.35. The minimum absolute atomic E-state index is 0.00477. The molecule has 1 heterocycles. The van der Waals surface area contributed by atoms with E-state index in [0.29, 0.717) is 17.1 Å². The van der Waals surface area contributed by atoms with Crippen molar-refractivity contribution in [3.8, 4) is 0 Å². The zero-order valence-electron chi connectivity index (χ0n) is 12.3. The fourth-order valence-electron chi connectivity index (χ4n) is 2.76. The van der Waals surface area contributed by atoms with Crippen molar-refractivity contribution < 1.29 is 12.9 Å². The predicted molar refractivity (Wildman–Crippen MR) is 87.0 cm³/mol. The third-order valence-corrected chi connectivity index (χ3v) is 4.63. The molecule has 5 nitrogen and oxygen atoms in total. The van der Waals surface area contributed by atoms with Crippen molar-refractivity contribution in [3.05, 3.63) is 22.7 Å². The number of nitrogen functional groups attached to an aromatic ring is 1. The molecular formula is C14H21ClN2O3S. The molecule has 0 radical (unpaired) electrons. The molecule has 1 aromatic rings. The molecule has 1 aromatic carbocycles. The second-order valence-electron chi connectivity index (χ2n) is 5.86. The Bertz CT molecular complexity index is 551. The predicted octanol–water partition coefficient (Wildman–Crippen LogP) is 3.00. The molecule has 0 amide bonds. The molecule has 7 heteroatoms. The van der Waals surface area contributed by atoms with Crippen LogP contribution in [0.15, 0.2) is 12.1 Å². The Morgan fingerprint density at radius 2 is 2.24 bits per heavy atom. The first kappa shape index (κ1) is 16.5. The summed E-state index contributed by atoms with van der Waals surface area (Å²) in [7, 11) is 0. The molecule has 0 spiro atoms. The van der Waals surface area contributed by atoms with Crippen LogP contribution < -0.4 is 10.6 Å². The zero-order valence-corrected chi connectivity index (χ0v) is 13.8. The van der Waals surface area contributed by atoms with Gasteiger partial charge in [0.2, 0.25) is 0 Å². The molecule has 1 aliphatic heterocycles. The summed E-state index contributed by atoms with van der Waals surface area (Å²) in [5.74, 6) is 0. The van der Waals surface area contributed by atoms with E-state index in [0.717, 1.165) is 25.1 Å². The molecular weight excluding hydrogens is 312 g/mol. The van der Waals surface area contributed by atoms with Crippen LogP contribution in [0.3, 0.4) is 0 Å². The van der Waals surface area contributed by atoms with E-state index in [4.69, 9.17) is 21.9 Å². The molecule has 0 saturated heterocycles. The molecule has 1 aliphatic rings. The number of fused-ring (bicyclic) bond motifs is 1. The van der Waals surface area contributed by atoms with Crippen molar-refractivity contribution in [1.29, 1.82) is 0 Å². The summed E-state index contributed by atoms with van der Waals surface area (Å²) in [4.78, 5) is 2.28. The summed E-state index contributed by atoms with van der Waals surface area (Å²) in [6.07, 6.45) is 2.66. The van der Waals surface area contributed by atoms with Crippen molar-refractivity contribution in [2.24, 2.45) is 0 Å². The van der Waals surface area contributed by atoms with Crippen molar-refractivity contribution in [1.82, 2.24) is 0 Å². The van der Waals surface area contributed by atoms with Crippen molar-refractivity contribution in [3.63, 3.8) is 0 Å². The van der Waals surface area contributed by atoms with Gasteiger partial charge in [0, 0.05) is 17.8 Å². The van der Waals surface area contributed by atoms with Gasteiger partial charge in [0.15, 0.2) is 0 Å². The van der Waals surface area contributed by atoms with Crippen LogP contribution >= 0.6 is 11.6 Å². The van der Waals surface area contributed by atoms with Crippen LogP contribution in [0.25, 0.3) is 0 Å². The van der Waals surface area contributed by atoms with E-state index < -0.39 is 11.4 Å². The van der Waals surface area contributed by atoms with Crippen molar-refractivity contribution in [2.45, 2.75) is 38.6 Å². The number of aryl methyl sites for hydroxylation is 1. The number of hydrogen-bond acceptors (Lipinski definition) is 4. The van der Waals surface area contributed by atoms with Gasteiger partial charge in [0.25, 0.3) is 0 Å². The summed E-state index contributed by atoms with van der Waals surface area (Å²) in [5.41, 5.74) is 8.78. The Labute approximate surface area is 132 Å². The maximum absolute atomic E-state index is 10.5. The smallest absolute Gasteiger partial charge is 0.301 e. The van der Waals surface area contributed by atoms with E-state index >= 15 is 0 Å². The number of nitrogens with two attached hydrogens (primary N) is 1. The number of hydrogen-bond donors (Lipinski definition) is 2. The summed E-state index contributed by atoms with van der Waals surface area (Å²) in [6, 6.07) is 3.86. The molecule has 3 N–H and O–H groups in total. The number of anilines is 2. The number of halogens is 1. The van der Waals surface area contributed by atoms with Gasteiger partial charge in [0.05, 0.1) is 17.3 Å². The lowest BCUT2D eigenvalue weighted by atomic mass is 9.86. The third-order valence-electron chi connectivity index (χ3n) is 3.94. The maximum atomic E-state index is 10.5. The molecule has 118 valence electrons. The Kier molecular flexibility index (Phi) is 5.14. The van der Waals surface area contributed by atoms with Gasteiger partial charge in [-0.3, -0.25) is 8.74 Å². The van der Waals surface area contributed by atoms with E-state index in [2.05, 4.69) is 22.9 Å². The molecule has 2 rings (SSSR count). The lowest BCUT2D eigenvalue weighted by molar-refractivity contribution is 0.295. The van der Waals surface area contributed by atoms with Gasteiger partial charge < -0.3 is 10.6 Å². The highest BCUT2D eigenvalue weighted by Gasteiger charge is 2.32. The molecule has 0 fully saturated rings. The molecule has 0 bridgehead atoms. The van der Waals surface area contributed by atoms with Gasteiger partial charge in [-0.05, 0) is 50.8 Å². The van der Waals surface area contributed by atoms with E-state index in [1.807, 2.05) is 12.1 Å². The lowest BCUT2D eigenvalue weighted by Gasteiger charge is -2.45. The Morgan fingerprint density at radius 1 is 1.52 bits per heavy atom. The van der Waals surface area contributed by atoms with Gasteiger partial charge in [-0.1, -0.05) is 11.6 Å². The van der Waals surface area contributed by atoms with Gasteiger partial charge >= 0.3 is 11.4 Å². The van der Waals surface area contributed by atoms with Crippen molar-refractivity contribution >= 4 is 34.3 Å². The van der Waals surface area contributed by atoms with Crippen LogP contribution in [0.1, 0.15) is 32.3 Å². The van der Waals surface area contributed by atoms with E-state index in [9.17, 15) is 4.21 Å². The Balaban J connectivity index is 2.18. The number of nitrogens with zero attached hydrogens (tertiary/aromatic N) is 1. The minimum atomic E-state index is -2.20. The summed E-state index contributed by atoms with van der Waals surface area (Å²) in [5, 5.41) is 0.559. The maximum Gasteiger partial charge on any atom is 0.301 e. The highest BCUT2D eigenvalue weighted by atomic mass is 35.5. The minimum Gasteiger partial charge on any atom is -0.398 e. The largest absolute Gasteiger partial charge is 0.398 e. The van der Waals surface area contributed by atoms with Gasteiger partial charge in [-0.15, -0.1) is 0 Å². The molecule has 0 aliphatic carbocycles. The zero-order chi connectivity index (χ0) is 15.6. The first-order valence-electron chi connectivity index (χ1n) is 6.91. The second-order valence-corrected chi connectivity index (χ2v) is 6.94. The highest BCUT2D eigenvalue weighted by Crippen LogP contribution is 2.40. The molecule has 1 atom stereocenters. The monoisotopic (exact) mass is 332 g/mol. The lowest BCUT2D eigenvalue weighted by Crippen LogP contribution is -2.48. The van der Waals surface area contributed by atoms with Crippen LogP contribution in [0.5, 0.6) is 0 Å². The van der Waals surface area contributed by atoms with Gasteiger partial charge in [-0.25, -0.2) is 0 Å². The van der Waals surface area contributed by atoms with Crippen LogP contribution in [0.4, 0.5) is 11.4 Å². The van der Waals surface area contributed by atoms with Crippen LogP contribution in [0, 0.1) is 0 Å².